The van der Waals surface area contributed by atoms with Crippen LogP contribution in [0.15, 0.2) is 102 Å². The van der Waals surface area contributed by atoms with Crippen LogP contribution in [-0.4, -0.2) is 13.0 Å². The molecule has 0 amide bonds. The average molecular weight is 573 g/mol. The zero-order chi connectivity index (χ0) is 29.6. The van der Waals surface area contributed by atoms with E-state index in [1.807, 2.05) is 30.3 Å². The molecule has 0 saturated heterocycles. The fourth-order valence-corrected chi connectivity index (χ4v) is 6.59. The molecule has 0 spiro atoms. The molecule has 1 heterocycles. The first-order valence-electron chi connectivity index (χ1n) is 14.0. The quantitative estimate of drug-likeness (QED) is 0.227. The largest absolute Gasteiger partial charge is 0.456 e. The summed E-state index contributed by atoms with van der Waals surface area (Å²) >= 11 is 0. The van der Waals surface area contributed by atoms with Gasteiger partial charge in [0.25, 0.3) is 10.1 Å². The Labute approximate surface area is 247 Å². The summed E-state index contributed by atoms with van der Waals surface area (Å²) < 4.78 is 41.7. The van der Waals surface area contributed by atoms with Crippen LogP contribution in [0.5, 0.6) is 11.5 Å². The van der Waals surface area contributed by atoms with E-state index < -0.39 is 10.1 Å². The van der Waals surface area contributed by atoms with Gasteiger partial charge < -0.3 is 4.74 Å². The second-order valence-corrected chi connectivity index (χ2v) is 12.4. The maximum absolute atomic E-state index is 12.5. The predicted molar refractivity (Wildman–Crippen MR) is 168 cm³/mol. The van der Waals surface area contributed by atoms with E-state index in [9.17, 15) is 13.0 Å². The third-order valence-corrected chi connectivity index (χ3v) is 9.03. The van der Waals surface area contributed by atoms with Crippen LogP contribution >= 0.6 is 0 Å². The molecule has 42 heavy (non-hydrogen) atoms. The Hall–Kier alpha value is -4.45. The molecule has 0 saturated carbocycles. The summed E-state index contributed by atoms with van der Waals surface area (Å²) in [5.74, 6) is 1.28. The van der Waals surface area contributed by atoms with Gasteiger partial charge in [0, 0.05) is 21.9 Å². The summed E-state index contributed by atoms with van der Waals surface area (Å²) in [5.41, 5.74) is 10.3. The lowest BCUT2D eigenvalue weighted by atomic mass is 9.90. The number of fused-ring (bicyclic) bond motifs is 2. The predicted octanol–water partition coefficient (Wildman–Crippen LogP) is 6.94. The molecule has 210 valence electrons. The van der Waals surface area contributed by atoms with Crippen molar-refractivity contribution in [1.82, 2.24) is 0 Å². The second kappa shape index (κ2) is 10.8. The van der Waals surface area contributed by atoms with Crippen molar-refractivity contribution in [2.24, 2.45) is 0 Å². The van der Waals surface area contributed by atoms with Gasteiger partial charge in [-0.3, -0.25) is 4.55 Å². The minimum Gasteiger partial charge on any atom is -0.456 e. The van der Waals surface area contributed by atoms with Gasteiger partial charge in [0.2, 0.25) is 0 Å². The molecule has 4 nitrogen and oxygen atoms in total. The molecule has 1 aliphatic rings. The Balaban J connectivity index is 1.58. The van der Waals surface area contributed by atoms with Crippen molar-refractivity contribution in [3.8, 4) is 11.5 Å². The van der Waals surface area contributed by atoms with Crippen LogP contribution in [0, 0.1) is 27.7 Å². The number of rotatable bonds is 5. The number of hydrogen-bond acceptors (Lipinski definition) is 3. The van der Waals surface area contributed by atoms with Gasteiger partial charge in [-0.15, -0.1) is 0 Å². The molecule has 5 aromatic rings. The zero-order valence-corrected chi connectivity index (χ0v) is 24.9. The maximum atomic E-state index is 12.5. The molecule has 0 unspecified atom stereocenters. The molecule has 0 bridgehead atoms. The van der Waals surface area contributed by atoms with Crippen LogP contribution < -0.4 is 15.2 Å². The molecule has 0 fully saturated rings. The van der Waals surface area contributed by atoms with Crippen molar-refractivity contribution in [2.45, 2.75) is 39.0 Å². The molecule has 1 aliphatic heterocycles. The molecule has 6 rings (SSSR count). The normalized spacial score (nSPS) is 13.0. The van der Waals surface area contributed by atoms with Crippen molar-refractivity contribution < 1.29 is 17.7 Å². The Morgan fingerprint density at radius 2 is 1.36 bits per heavy atom. The Bertz CT molecular complexity index is 2070. The Morgan fingerprint density at radius 1 is 0.690 bits per heavy atom. The van der Waals surface area contributed by atoms with Gasteiger partial charge in [-0.05, 0) is 109 Å². The summed E-state index contributed by atoms with van der Waals surface area (Å²) in [5, 5.41) is 1.74. The van der Waals surface area contributed by atoms with Gasteiger partial charge in [0.1, 0.15) is 16.4 Å². The lowest BCUT2D eigenvalue weighted by molar-refractivity contribution is 0.470. The topological polar surface area (TPSA) is 63.6 Å². The number of ether oxygens (including phenoxy) is 1. The molecule has 5 heteroatoms. The van der Waals surface area contributed by atoms with E-state index in [2.05, 4.69) is 76.2 Å². The molecule has 0 atom stereocenters. The first kappa shape index (κ1) is 27.7. The summed E-state index contributed by atoms with van der Waals surface area (Å²) in [7, 11) is -4.47. The lowest BCUT2D eigenvalue weighted by Gasteiger charge is -2.23. The highest BCUT2D eigenvalue weighted by atomic mass is 32.2. The molecular formula is C37H32O4S. The van der Waals surface area contributed by atoms with Gasteiger partial charge in [0.05, 0.1) is 0 Å². The molecule has 5 aromatic carbocycles. The van der Waals surface area contributed by atoms with Crippen LogP contribution in [0.25, 0.3) is 11.6 Å². The zero-order valence-electron chi connectivity index (χ0n) is 24.1. The minimum atomic E-state index is -4.47. The van der Waals surface area contributed by atoms with E-state index in [0.29, 0.717) is 22.6 Å². The van der Waals surface area contributed by atoms with Crippen LogP contribution in [0.4, 0.5) is 0 Å². The highest BCUT2D eigenvalue weighted by molar-refractivity contribution is 7.86. The van der Waals surface area contributed by atoms with Crippen molar-refractivity contribution in [2.75, 3.05) is 0 Å². The van der Waals surface area contributed by atoms with E-state index in [1.54, 1.807) is 18.2 Å². The fraction of sp³-hybridized carbons (Fsp3) is 0.135. The van der Waals surface area contributed by atoms with Crippen molar-refractivity contribution >= 4 is 21.8 Å². The molecular weight excluding hydrogens is 540 g/mol. The first-order chi connectivity index (χ1) is 20.1. The molecule has 0 aliphatic carbocycles. The smallest absolute Gasteiger partial charge is 0.295 e. The van der Waals surface area contributed by atoms with Crippen LogP contribution in [0.1, 0.15) is 50.1 Å². The summed E-state index contributed by atoms with van der Waals surface area (Å²) in [4.78, 5) is -0.135. The number of aryl methyl sites for hydroxylation is 4. The van der Waals surface area contributed by atoms with Crippen LogP contribution in [0.2, 0.25) is 0 Å². The highest BCUT2D eigenvalue weighted by Gasteiger charge is 2.25. The van der Waals surface area contributed by atoms with Crippen molar-refractivity contribution in [1.29, 1.82) is 0 Å². The minimum absolute atomic E-state index is 0.135. The highest BCUT2D eigenvalue weighted by Crippen LogP contribution is 2.39. The average Bonchev–Trinajstić information content (AvgIpc) is 2.95. The molecule has 1 N–H and O–H groups in total. The van der Waals surface area contributed by atoms with E-state index >= 15 is 0 Å². The summed E-state index contributed by atoms with van der Waals surface area (Å²) in [6.07, 6.45) is 2.90. The summed E-state index contributed by atoms with van der Waals surface area (Å²) in [6.45, 7) is 8.44. The maximum Gasteiger partial charge on any atom is 0.295 e. The van der Waals surface area contributed by atoms with Gasteiger partial charge in [-0.2, -0.15) is 8.42 Å². The Morgan fingerprint density at radius 3 is 2.05 bits per heavy atom. The van der Waals surface area contributed by atoms with Gasteiger partial charge in [-0.25, -0.2) is 0 Å². The first-order valence-corrected chi connectivity index (χ1v) is 15.4. The number of benzene rings is 5. The molecule has 0 radical (unpaired) electrons. The summed E-state index contributed by atoms with van der Waals surface area (Å²) in [6, 6.07) is 31.2. The SMILES string of the molecule is Cc1cccc(C)c1/C=c1\ccc2c(c1)Oc1cc(Cc3c(C)cccc3C)ccc1C=2c1ccccc1S(=O)(=O)O. The van der Waals surface area contributed by atoms with Crippen LogP contribution in [-0.2, 0) is 16.5 Å². The van der Waals surface area contributed by atoms with E-state index in [-0.39, 0.29) is 4.90 Å². The van der Waals surface area contributed by atoms with E-state index in [1.165, 1.54) is 33.9 Å². The third-order valence-electron chi connectivity index (χ3n) is 8.12. The third kappa shape index (κ3) is 5.18. The van der Waals surface area contributed by atoms with Crippen LogP contribution in [0.3, 0.4) is 0 Å². The fourth-order valence-electron chi connectivity index (χ4n) is 5.89. The Kier molecular flexibility index (Phi) is 7.09. The van der Waals surface area contributed by atoms with Crippen molar-refractivity contribution in [3.63, 3.8) is 0 Å². The van der Waals surface area contributed by atoms with Crippen molar-refractivity contribution in [3.05, 3.63) is 158 Å². The lowest BCUT2D eigenvalue weighted by Crippen LogP contribution is -2.21. The monoisotopic (exact) mass is 572 g/mol. The second-order valence-electron chi connectivity index (χ2n) is 11.0. The van der Waals surface area contributed by atoms with Gasteiger partial charge >= 0.3 is 0 Å². The van der Waals surface area contributed by atoms with Gasteiger partial charge in [-0.1, -0.05) is 72.8 Å². The van der Waals surface area contributed by atoms with E-state index in [4.69, 9.17) is 4.74 Å². The van der Waals surface area contributed by atoms with E-state index in [0.717, 1.165) is 33.5 Å². The molecule has 0 aromatic heterocycles. The number of hydrogen-bond donors (Lipinski definition) is 1. The standard InChI is InChI=1S/C37H32O4S/c1-23-9-7-10-24(2)32(23)19-27-15-17-29-34(21-27)41-35-22-28(20-33-25(3)11-8-12-26(33)4)16-18-30(35)37(29)31-13-5-6-14-36(31)42(38,39)40/h5-19,21-22H,20H2,1-4H3,(H,38,39,40)/b27-19+. The van der Waals surface area contributed by atoms with Gasteiger partial charge in [0.15, 0.2) is 0 Å².